The topological polar surface area (TPSA) is 75.5 Å². The van der Waals surface area contributed by atoms with Crippen molar-refractivity contribution in [3.63, 3.8) is 0 Å². The van der Waals surface area contributed by atoms with Crippen LogP contribution >= 0.6 is 0 Å². The quantitative estimate of drug-likeness (QED) is 0.464. The number of carbonyl (C=O) groups excluding carboxylic acids is 1. The van der Waals surface area contributed by atoms with Crippen LogP contribution in [0.3, 0.4) is 0 Å². The Morgan fingerprint density at radius 3 is 2.50 bits per heavy atom. The first-order valence-corrected chi connectivity index (χ1v) is 8.61. The van der Waals surface area contributed by atoms with Crippen molar-refractivity contribution in [1.82, 2.24) is 15.0 Å². The first kappa shape index (κ1) is 19.2. The van der Waals surface area contributed by atoms with Crippen LogP contribution in [0.25, 0.3) is 11.6 Å². The Morgan fingerprint density at radius 2 is 1.82 bits per heavy atom. The molecule has 0 aliphatic heterocycles. The Labute approximate surface area is 163 Å². The number of rotatable bonds is 7. The van der Waals surface area contributed by atoms with Crippen LogP contribution < -0.4 is 9.47 Å². The Balaban J connectivity index is 1.92. The van der Waals surface area contributed by atoms with Crippen LogP contribution in [0.4, 0.5) is 0 Å². The first-order chi connectivity index (χ1) is 13.7. The molecule has 0 amide bonds. The maximum Gasteiger partial charge on any atom is 0.340 e. The van der Waals surface area contributed by atoms with Crippen LogP contribution in [0.15, 0.2) is 54.7 Å². The molecule has 28 heavy (non-hydrogen) atoms. The van der Waals surface area contributed by atoms with Crippen molar-refractivity contribution >= 4 is 17.6 Å². The second kappa shape index (κ2) is 8.85. The molecule has 0 N–H and O–H groups in total. The molecule has 0 aliphatic rings. The lowest BCUT2D eigenvalue weighted by molar-refractivity contribution is -0.133. The van der Waals surface area contributed by atoms with Crippen molar-refractivity contribution < 1.29 is 19.0 Å². The molecule has 3 rings (SSSR count). The molecule has 7 heteroatoms. The van der Waals surface area contributed by atoms with E-state index in [1.54, 1.807) is 31.2 Å². The minimum atomic E-state index is -0.477. The number of ether oxygens (including phenoxy) is 3. The molecule has 2 aromatic carbocycles. The van der Waals surface area contributed by atoms with Gasteiger partial charge in [0.1, 0.15) is 5.69 Å². The van der Waals surface area contributed by atoms with Gasteiger partial charge >= 0.3 is 5.97 Å². The monoisotopic (exact) mass is 379 g/mol. The molecule has 0 unspecified atom stereocenters. The molecular formula is C21H21N3O4. The fourth-order valence-corrected chi connectivity index (χ4v) is 2.82. The minimum absolute atomic E-state index is 0.331. The summed E-state index contributed by atoms with van der Waals surface area (Å²) in [6, 6.07) is 15.1. The van der Waals surface area contributed by atoms with Crippen LogP contribution in [-0.4, -0.2) is 42.3 Å². The molecule has 0 atom stereocenters. The Morgan fingerprint density at radius 1 is 1.04 bits per heavy atom. The van der Waals surface area contributed by atoms with E-state index in [0.29, 0.717) is 29.3 Å². The SMILES string of the molecule is COC(=O)C(=Cc1ccccc1)c1cn(Cc2cccc(OC)c2OC)nn1. The van der Waals surface area contributed by atoms with Gasteiger partial charge in [-0.1, -0.05) is 47.7 Å². The third-order valence-corrected chi connectivity index (χ3v) is 4.15. The average Bonchev–Trinajstić information content (AvgIpc) is 3.20. The van der Waals surface area contributed by atoms with Crippen molar-refractivity contribution in [2.24, 2.45) is 0 Å². The van der Waals surface area contributed by atoms with Crippen molar-refractivity contribution in [2.45, 2.75) is 6.54 Å². The fraction of sp³-hybridized carbons (Fsp3) is 0.190. The summed E-state index contributed by atoms with van der Waals surface area (Å²) in [7, 11) is 4.52. The third-order valence-electron chi connectivity index (χ3n) is 4.15. The summed E-state index contributed by atoms with van der Waals surface area (Å²) in [6.45, 7) is 0.410. The molecule has 0 bridgehead atoms. The van der Waals surface area contributed by atoms with Crippen molar-refractivity contribution in [3.05, 3.63) is 71.5 Å². The standard InChI is InChI=1S/C21H21N3O4/c1-26-19-11-7-10-16(20(19)27-2)13-24-14-18(22-23-24)17(21(25)28-3)12-15-8-5-4-6-9-15/h4-12,14H,13H2,1-3H3. The zero-order chi connectivity index (χ0) is 19.9. The molecule has 3 aromatic rings. The third kappa shape index (κ3) is 4.20. The van der Waals surface area contributed by atoms with Gasteiger partial charge in [0.05, 0.1) is 39.6 Å². The Hall–Kier alpha value is -3.61. The van der Waals surface area contributed by atoms with E-state index in [-0.39, 0.29) is 0 Å². The number of benzene rings is 2. The summed E-state index contributed by atoms with van der Waals surface area (Å²) in [5, 5.41) is 8.29. The lowest BCUT2D eigenvalue weighted by Gasteiger charge is -2.12. The largest absolute Gasteiger partial charge is 0.493 e. The van der Waals surface area contributed by atoms with E-state index < -0.39 is 5.97 Å². The number of carbonyl (C=O) groups is 1. The summed E-state index contributed by atoms with van der Waals surface area (Å²) >= 11 is 0. The summed E-state index contributed by atoms with van der Waals surface area (Å²) < 4.78 is 17.3. The number of aromatic nitrogens is 3. The lowest BCUT2D eigenvalue weighted by atomic mass is 10.1. The molecule has 1 heterocycles. The van der Waals surface area contributed by atoms with Crippen LogP contribution in [0.5, 0.6) is 11.5 Å². The van der Waals surface area contributed by atoms with Gasteiger partial charge in [0, 0.05) is 5.56 Å². The Kier molecular flexibility index (Phi) is 6.06. The molecule has 0 radical (unpaired) electrons. The van der Waals surface area contributed by atoms with Crippen LogP contribution in [0.1, 0.15) is 16.8 Å². The minimum Gasteiger partial charge on any atom is -0.493 e. The molecule has 0 saturated heterocycles. The fourth-order valence-electron chi connectivity index (χ4n) is 2.82. The van der Waals surface area contributed by atoms with Crippen molar-refractivity contribution in [3.8, 4) is 11.5 Å². The highest BCUT2D eigenvalue weighted by molar-refractivity contribution is 6.20. The van der Waals surface area contributed by atoms with Gasteiger partial charge in [0.25, 0.3) is 0 Å². The molecule has 0 spiro atoms. The molecule has 144 valence electrons. The highest BCUT2D eigenvalue weighted by Crippen LogP contribution is 2.31. The average molecular weight is 379 g/mol. The van der Waals surface area contributed by atoms with Crippen molar-refractivity contribution in [1.29, 1.82) is 0 Å². The molecular weight excluding hydrogens is 358 g/mol. The maximum absolute atomic E-state index is 12.3. The van der Waals surface area contributed by atoms with Gasteiger partial charge in [-0.15, -0.1) is 5.10 Å². The zero-order valence-corrected chi connectivity index (χ0v) is 16.0. The van der Waals surface area contributed by atoms with E-state index in [2.05, 4.69) is 10.3 Å². The number of esters is 1. The van der Waals surface area contributed by atoms with Crippen molar-refractivity contribution in [2.75, 3.05) is 21.3 Å². The van der Waals surface area contributed by atoms with E-state index >= 15 is 0 Å². The van der Waals surface area contributed by atoms with Crippen LogP contribution in [0.2, 0.25) is 0 Å². The summed E-state index contributed by atoms with van der Waals surface area (Å²) in [4.78, 5) is 12.3. The van der Waals surface area contributed by atoms with E-state index in [1.165, 1.54) is 7.11 Å². The molecule has 0 aliphatic carbocycles. The van der Waals surface area contributed by atoms with Gasteiger partial charge in [-0.05, 0) is 17.7 Å². The highest BCUT2D eigenvalue weighted by Gasteiger charge is 2.17. The number of para-hydroxylation sites is 1. The maximum atomic E-state index is 12.3. The van der Waals surface area contributed by atoms with Crippen LogP contribution in [0, 0.1) is 0 Å². The lowest BCUT2D eigenvalue weighted by Crippen LogP contribution is -2.05. The summed E-state index contributed by atoms with van der Waals surface area (Å²) in [6.07, 6.45) is 3.43. The smallest absolute Gasteiger partial charge is 0.340 e. The molecule has 7 nitrogen and oxygen atoms in total. The number of hydrogen-bond acceptors (Lipinski definition) is 6. The summed E-state index contributed by atoms with van der Waals surface area (Å²) in [5.41, 5.74) is 2.51. The second-order valence-corrected chi connectivity index (χ2v) is 5.91. The Bertz CT molecular complexity index is 980. The second-order valence-electron chi connectivity index (χ2n) is 5.91. The van der Waals surface area contributed by atoms with Gasteiger partial charge in [-0.3, -0.25) is 0 Å². The highest BCUT2D eigenvalue weighted by atomic mass is 16.5. The van der Waals surface area contributed by atoms with E-state index in [1.807, 2.05) is 48.5 Å². The van der Waals surface area contributed by atoms with Gasteiger partial charge < -0.3 is 14.2 Å². The van der Waals surface area contributed by atoms with Gasteiger partial charge in [-0.2, -0.15) is 0 Å². The van der Waals surface area contributed by atoms with E-state index in [0.717, 1.165) is 11.1 Å². The van der Waals surface area contributed by atoms with E-state index in [4.69, 9.17) is 14.2 Å². The van der Waals surface area contributed by atoms with Gasteiger partial charge in [0.15, 0.2) is 11.5 Å². The number of hydrogen-bond donors (Lipinski definition) is 0. The normalized spacial score (nSPS) is 11.2. The zero-order valence-electron chi connectivity index (χ0n) is 16.0. The van der Waals surface area contributed by atoms with Gasteiger partial charge in [-0.25, -0.2) is 9.48 Å². The predicted molar refractivity (Wildman–Crippen MR) is 105 cm³/mol. The first-order valence-electron chi connectivity index (χ1n) is 8.61. The molecule has 0 fully saturated rings. The molecule has 1 aromatic heterocycles. The number of methoxy groups -OCH3 is 3. The van der Waals surface area contributed by atoms with Gasteiger partial charge in [0.2, 0.25) is 0 Å². The predicted octanol–water partition coefficient (Wildman–Crippen LogP) is 3.06. The summed E-state index contributed by atoms with van der Waals surface area (Å²) in [5.74, 6) is 0.796. The van der Waals surface area contributed by atoms with E-state index in [9.17, 15) is 4.79 Å². The molecule has 0 saturated carbocycles. The van der Waals surface area contributed by atoms with Crippen LogP contribution in [-0.2, 0) is 16.1 Å². The number of nitrogens with zero attached hydrogens (tertiary/aromatic N) is 3.